The second-order valence-corrected chi connectivity index (χ2v) is 4.77. The van der Waals surface area contributed by atoms with Crippen molar-refractivity contribution in [1.82, 2.24) is 9.97 Å². The average molecular weight is 240 g/mol. The predicted molar refractivity (Wildman–Crippen MR) is 67.2 cm³/mol. The summed E-state index contributed by atoms with van der Waals surface area (Å²) < 4.78 is 0. The SMILES string of the molecule is Cc1nc(Cl)nc(N2CCCCCC2)c1C. The van der Waals surface area contributed by atoms with E-state index in [9.17, 15) is 0 Å². The molecule has 1 fully saturated rings. The van der Waals surface area contributed by atoms with Gasteiger partial charge in [0.15, 0.2) is 0 Å². The lowest BCUT2D eigenvalue weighted by molar-refractivity contribution is 0.726. The normalized spacial score (nSPS) is 17.3. The number of halogens is 1. The van der Waals surface area contributed by atoms with Gasteiger partial charge in [0.1, 0.15) is 5.82 Å². The van der Waals surface area contributed by atoms with Crippen molar-refractivity contribution >= 4 is 17.4 Å². The molecule has 16 heavy (non-hydrogen) atoms. The minimum atomic E-state index is 0.363. The van der Waals surface area contributed by atoms with Crippen LogP contribution in [0.1, 0.15) is 36.9 Å². The molecule has 0 aromatic carbocycles. The Hall–Kier alpha value is -0.830. The molecule has 2 heterocycles. The van der Waals surface area contributed by atoms with Crippen LogP contribution in [0.25, 0.3) is 0 Å². The molecule has 0 unspecified atom stereocenters. The van der Waals surface area contributed by atoms with Crippen LogP contribution in [-0.2, 0) is 0 Å². The quantitative estimate of drug-likeness (QED) is 0.705. The van der Waals surface area contributed by atoms with Crippen molar-refractivity contribution in [1.29, 1.82) is 0 Å². The number of aryl methyl sites for hydroxylation is 1. The first-order chi connectivity index (χ1) is 7.68. The molecule has 1 aliphatic rings. The highest BCUT2D eigenvalue weighted by molar-refractivity contribution is 6.28. The molecule has 0 saturated carbocycles. The summed E-state index contributed by atoms with van der Waals surface area (Å²) in [6, 6.07) is 0. The van der Waals surface area contributed by atoms with E-state index in [1.807, 2.05) is 6.92 Å². The van der Waals surface area contributed by atoms with Gasteiger partial charge in [0.2, 0.25) is 5.28 Å². The van der Waals surface area contributed by atoms with Crippen molar-refractivity contribution in [3.8, 4) is 0 Å². The maximum atomic E-state index is 5.93. The van der Waals surface area contributed by atoms with Gasteiger partial charge in [0, 0.05) is 24.3 Å². The molecule has 0 spiro atoms. The number of rotatable bonds is 1. The third-order valence-electron chi connectivity index (χ3n) is 3.24. The fourth-order valence-corrected chi connectivity index (χ4v) is 2.38. The van der Waals surface area contributed by atoms with Crippen LogP contribution in [0.2, 0.25) is 5.28 Å². The van der Waals surface area contributed by atoms with E-state index in [1.54, 1.807) is 0 Å². The molecule has 1 aromatic rings. The van der Waals surface area contributed by atoms with Gasteiger partial charge in [-0.3, -0.25) is 0 Å². The summed E-state index contributed by atoms with van der Waals surface area (Å²) in [6.45, 7) is 6.25. The van der Waals surface area contributed by atoms with Crippen LogP contribution in [0.5, 0.6) is 0 Å². The van der Waals surface area contributed by atoms with E-state index < -0.39 is 0 Å². The molecule has 1 saturated heterocycles. The number of hydrogen-bond donors (Lipinski definition) is 0. The maximum Gasteiger partial charge on any atom is 0.224 e. The summed E-state index contributed by atoms with van der Waals surface area (Å²) in [4.78, 5) is 10.9. The fraction of sp³-hybridized carbons (Fsp3) is 0.667. The Labute approximate surface area is 102 Å². The smallest absolute Gasteiger partial charge is 0.224 e. The number of hydrogen-bond acceptors (Lipinski definition) is 3. The van der Waals surface area contributed by atoms with Gasteiger partial charge in [-0.05, 0) is 38.3 Å². The van der Waals surface area contributed by atoms with Crippen molar-refractivity contribution in [2.75, 3.05) is 18.0 Å². The molecule has 2 rings (SSSR count). The van der Waals surface area contributed by atoms with Crippen molar-refractivity contribution in [3.63, 3.8) is 0 Å². The highest BCUT2D eigenvalue weighted by Gasteiger charge is 2.15. The average Bonchev–Trinajstić information content (AvgIpc) is 2.51. The molecule has 0 amide bonds. The Morgan fingerprint density at radius 3 is 2.25 bits per heavy atom. The third-order valence-corrected chi connectivity index (χ3v) is 3.41. The second kappa shape index (κ2) is 5.00. The van der Waals surface area contributed by atoms with Crippen LogP contribution < -0.4 is 4.90 Å². The molecule has 0 aliphatic carbocycles. The Balaban J connectivity index is 2.30. The first kappa shape index (κ1) is 11.6. The molecule has 4 heteroatoms. The molecule has 88 valence electrons. The molecule has 3 nitrogen and oxygen atoms in total. The number of nitrogens with zero attached hydrogens (tertiary/aromatic N) is 3. The van der Waals surface area contributed by atoms with Crippen LogP contribution in [0.15, 0.2) is 0 Å². The van der Waals surface area contributed by atoms with Gasteiger partial charge in [-0.25, -0.2) is 9.97 Å². The monoisotopic (exact) mass is 239 g/mol. The lowest BCUT2D eigenvalue weighted by Gasteiger charge is -2.23. The maximum absolute atomic E-state index is 5.93. The standard InChI is InChI=1S/C12H18ClN3/c1-9-10(2)14-12(13)15-11(9)16-7-5-3-4-6-8-16/h3-8H2,1-2H3. The zero-order valence-electron chi connectivity index (χ0n) is 9.96. The van der Waals surface area contributed by atoms with E-state index in [2.05, 4.69) is 21.8 Å². The molecular weight excluding hydrogens is 222 g/mol. The van der Waals surface area contributed by atoms with Gasteiger partial charge in [-0.2, -0.15) is 0 Å². The topological polar surface area (TPSA) is 29.0 Å². The Morgan fingerprint density at radius 2 is 1.62 bits per heavy atom. The molecular formula is C12H18ClN3. The summed E-state index contributed by atoms with van der Waals surface area (Å²) in [7, 11) is 0. The highest BCUT2D eigenvalue weighted by atomic mass is 35.5. The van der Waals surface area contributed by atoms with Crippen molar-refractivity contribution in [2.45, 2.75) is 39.5 Å². The minimum absolute atomic E-state index is 0.363. The first-order valence-corrected chi connectivity index (χ1v) is 6.32. The molecule has 0 bridgehead atoms. The molecule has 0 radical (unpaired) electrons. The van der Waals surface area contributed by atoms with E-state index in [0.29, 0.717) is 5.28 Å². The second-order valence-electron chi connectivity index (χ2n) is 4.43. The number of aromatic nitrogens is 2. The van der Waals surface area contributed by atoms with Crippen molar-refractivity contribution < 1.29 is 0 Å². The van der Waals surface area contributed by atoms with Gasteiger partial charge in [-0.1, -0.05) is 12.8 Å². The molecule has 1 aromatic heterocycles. The summed E-state index contributed by atoms with van der Waals surface area (Å²) in [5.41, 5.74) is 2.14. The Bertz CT molecular complexity index is 371. The van der Waals surface area contributed by atoms with Gasteiger partial charge in [0.05, 0.1) is 0 Å². The van der Waals surface area contributed by atoms with Crippen LogP contribution in [-0.4, -0.2) is 23.1 Å². The van der Waals surface area contributed by atoms with E-state index >= 15 is 0 Å². The van der Waals surface area contributed by atoms with Crippen LogP contribution in [0.4, 0.5) is 5.82 Å². The summed E-state index contributed by atoms with van der Waals surface area (Å²) in [5, 5.41) is 0.363. The van der Waals surface area contributed by atoms with Gasteiger partial charge in [-0.15, -0.1) is 0 Å². The zero-order valence-corrected chi connectivity index (χ0v) is 10.7. The lowest BCUT2D eigenvalue weighted by atomic mass is 10.2. The summed E-state index contributed by atoms with van der Waals surface area (Å²) in [6.07, 6.45) is 5.15. The van der Waals surface area contributed by atoms with E-state index in [1.165, 1.54) is 25.7 Å². The lowest BCUT2D eigenvalue weighted by Crippen LogP contribution is -2.26. The molecule has 1 aliphatic heterocycles. The van der Waals surface area contributed by atoms with Crippen molar-refractivity contribution in [3.05, 3.63) is 16.5 Å². The van der Waals surface area contributed by atoms with E-state index in [4.69, 9.17) is 11.6 Å². The Kier molecular flexibility index (Phi) is 3.64. The summed E-state index contributed by atoms with van der Waals surface area (Å²) >= 11 is 5.93. The fourth-order valence-electron chi connectivity index (χ4n) is 2.17. The molecule has 0 atom stereocenters. The highest BCUT2D eigenvalue weighted by Crippen LogP contribution is 2.24. The predicted octanol–water partition coefficient (Wildman–Crippen LogP) is 3.13. The van der Waals surface area contributed by atoms with Crippen LogP contribution >= 0.6 is 11.6 Å². The van der Waals surface area contributed by atoms with Gasteiger partial charge < -0.3 is 4.90 Å². The largest absolute Gasteiger partial charge is 0.356 e. The molecule has 0 N–H and O–H groups in total. The van der Waals surface area contributed by atoms with Crippen LogP contribution in [0.3, 0.4) is 0 Å². The Morgan fingerprint density at radius 1 is 1.00 bits per heavy atom. The minimum Gasteiger partial charge on any atom is -0.356 e. The van der Waals surface area contributed by atoms with Gasteiger partial charge >= 0.3 is 0 Å². The zero-order chi connectivity index (χ0) is 11.5. The van der Waals surface area contributed by atoms with E-state index in [-0.39, 0.29) is 0 Å². The van der Waals surface area contributed by atoms with E-state index in [0.717, 1.165) is 30.2 Å². The summed E-state index contributed by atoms with van der Waals surface area (Å²) in [5.74, 6) is 1.03. The third kappa shape index (κ3) is 2.46. The first-order valence-electron chi connectivity index (χ1n) is 5.94. The van der Waals surface area contributed by atoms with Crippen LogP contribution in [0, 0.1) is 13.8 Å². The number of anilines is 1. The van der Waals surface area contributed by atoms with Crippen molar-refractivity contribution in [2.24, 2.45) is 0 Å². The van der Waals surface area contributed by atoms with Gasteiger partial charge in [0.25, 0.3) is 0 Å².